The topological polar surface area (TPSA) is 42.3 Å². The summed E-state index contributed by atoms with van der Waals surface area (Å²) < 4.78 is 26.3. The van der Waals surface area contributed by atoms with Crippen molar-refractivity contribution >= 4 is 32.5 Å². The Bertz CT molecular complexity index is 1250. The summed E-state index contributed by atoms with van der Waals surface area (Å²) in [5.41, 5.74) is 8.57. The molecule has 0 unspecified atom stereocenters. The van der Waals surface area contributed by atoms with Crippen LogP contribution in [0.3, 0.4) is 0 Å². The van der Waals surface area contributed by atoms with Gasteiger partial charge in [0.2, 0.25) is 0 Å². The quantitative estimate of drug-likeness (QED) is 0.633. The monoisotopic (exact) mass is 408 g/mol. The molecule has 0 radical (unpaired) electrons. The second-order valence-electron chi connectivity index (χ2n) is 8.37. The summed E-state index contributed by atoms with van der Waals surface area (Å²) in [6.07, 6.45) is 4.44. The third kappa shape index (κ3) is 3.65. The van der Waals surface area contributed by atoms with Gasteiger partial charge in [0.05, 0.1) is 10.4 Å². The fourth-order valence-corrected chi connectivity index (χ4v) is 5.09. The van der Waals surface area contributed by atoms with E-state index in [0.717, 1.165) is 30.6 Å². The molecule has 0 amide bonds. The molecule has 2 aromatic carbocycles. The van der Waals surface area contributed by atoms with Gasteiger partial charge in [0.25, 0.3) is 0 Å². The standard InChI is InChI=1S/C24H28N2O2S/c1-16-11-17(2)24-21(12-16)22-15-25(4)10-9-23(22)26(24)14-18(3)19-7-6-8-20(13-19)29(5,27)28/h6-8,11-14H,9-10,15H2,1-5H3/b18-14+. The molecule has 1 aromatic heterocycles. The average molecular weight is 409 g/mol. The van der Waals surface area contributed by atoms with Gasteiger partial charge in [-0.2, -0.15) is 0 Å². The average Bonchev–Trinajstić information content (AvgIpc) is 2.94. The third-order valence-corrected chi connectivity index (χ3v) is 6.96. The van der Waals surface area contributed by atoms with Gasteiger partial charge in [-0.15, -0.1) is 0 Å². The van der Waals surface area contributed by atoms with E-state index in [1.807, 2.05) is 12.1 Å². The molecule has 3 aromatic rings. The van der Waals surface area contributed by atoms with Crippen LogP contribution in [0.1, 0.15) is 34.9 Å². The van der Waals surface area contributed by atoms with Crippen molar-refractivity contribution in [2.75, 3.05) is 19.8 Å². The lowest BCUT2D eigenvalue weighted by molar-refractivity contribution is 0.312. The van der Waals surface area contributed by atoms with Gasteiger partial charge in [0.15, 0.2) is 9.84 Å². The lowest BCUT2D eigenvalue weighted by atomic mass is 10.0. The summed E-state index contributed by atoms with van der Waals surface area (Å²) in [6, 6.07) is 11.7. The van der Waals surface area contributed by atoms with Gasteiger partial charge >= 0.3 is 0 Å². The number of hydrogen-bond acceptors (Lipinski definition) is 3. The van der Waals surface area contributed by atoms with Crippen LogP contribution in [0.15, 0.2) is 41.3 Å². The Morgan fingerprint density at radius 1 is 1.14 bits per heavy atom. The first-order valence-electron chi connectivity index (χ1n) is 9.95. The van der Waals surface area contributed by atoms with Gasteiger partial charge in [-0.1, -0.05) is 23.8 Å². The Balaban J connectivity index is 1.93. The molecule has 4 nitrogen and oxygen atoms in total. The lowest BCUT2D eigenvalue weighted by Gasteiger charge is -2.23. The van der Waals surface area contributed by atoms with E-state index >= 15 is 0 Å². The Morgan fingerprint density at radius 2 is 1.90 bits per heavy atom. The number of nitrogens with zero attached hydrogens (tertiary/aromatic N) is 2. The smallest absolute Gasteiger partial charge is 0.175 e. The number of likely N-dealkylation sites (N-methyl/N-ethyl adjacent to an activating group) is 1. The van der Waals surface area contributed by atoms with Crippen molar-refractivity contribution in [2.24, 2.45) is 0 Å². The molecular formula is C24H28N2O2S. The zero-order valence-corrected chi connectivity index (χ0v) is 18.6. The molecule has 2 heterocycles. The molecule has 0 fully saturated rings. The molecule has 5 heteroatoms. The number of fused-ring (bicyclic) bond motifs is 3. The van der Waals surface area contributed by atoms with E-state index in [1.165, 1.54) is 39.5 Å². The SMILES string of the molecule is C/C(=C\n1c2c(c3cc(C)cc(C)c31)CN(C)CC2)c1cccc(S(C)(=O)=O)c1. The van der Waals surface area contributed by atoms with Crippen LogP contribution in [0.2, 0.25) is 0 Å². The lowest BCUT2D eigenvalue weighted by Crippen LogP contribution is -2.26. The summed E-state index contributed by atoms with van der Waals surface area (Å²) in [7, 11) is -1.05. The van der Waals surface area contributed by atoms with Gasteiger partial charge in [-0.05, 0) is 68.3 Å². The molecule has 1 aliphatic heterocycles. The van der Waals surface area contributed by atoms with Gasteiger partial charge in [-0.25, -0.2) is 8.42 Å². The van der Waals surface area contributed by atoms with E-state index in [2.05, 4.69) is 55.6 Å². The van der Waals surface area contributed by atoms with E-state index in [9.17, 15) is 8.42 Å². The Morgan fingerprint density at radius 3 is 2.62 bits per heavy atom. The highest BCUT2D eigenvalue weighted by molar-refractivity contribution is 7.90. The Labute approximate surface area is 173 Å². The fourth-order valence-electron chi connectivity index (χ4n) is 4.42. The van der Waals surface area contributed by atoms with Crippen LogP contribution in [0.25, 0.3) is 22.7 Å². The molecule has 0 saturated carbocycles. The van der Waals surface area contributed by atoms with E-state index in [1.54, 1.807) is 12.1 Å². The first-order valence-corrected chi connectivity index (χ1v) is 11.8. The highest BCUT2D eigenvalue weighted by Crippen LogP contribution is 2.34. The minimum absolute atomic E-state index is 0.357. The molecule has 0 spiro atoms. The highest BCUT2D eigenvalue weighted by Gasteiger charge is 2.23. The van der Waals surface area contributed by atoms with E-state index < -0.39 is 9.84 Å². The van der Waals surface area contributed by atoms with Crippen molar-refractivity contribution < 1.29 is 8.42 Å². The van der Waals surface area contributed by atoms with Crippen molar-refractivity contribution in [1.82, 2.24) is 9.47 Å². The maximum absolute atomic E-state index is 12.0. The summed E-state index contributed by atoms with van der Waals surface area (Å²) >= 11 is 0. The van der Waals surface area contributed by atoms with E-state index in [0.29, 0.717) is 4.90 Å². The predicted octanol–water partition coefficient (Wildman–Crippen LogP) is 4.67. The first-order chi connectivity index (χ1) is 13.6. The maximum atomic E-state index is 12.0. The summed E-state index contributed by atoms with van der Waals surface area (Å²) in [5, 5.41) is 1.33. The van der Waals surface area contributed by atoms with Crippen molar-refractivity contribution in [1.29, 1.82) is 0 Å². The van der Waals surface area contributed by atoms with Crippen LogP contribution in [0.4, 0.5) is 0 Å². The minimum atomic E-state index is -3.23. The second kappa shape index (κ2) is 7.15. The number of aryl methyl sites for hydroxylation is 2. The molecule has 152 valence electrons. The third-order valence-electron chi connectivity index (χ3n) is 5.85. The number of allylic oxidation sites excluding steroid dienone is 1. The molecule has 4 rings (SSSR count). The largest absolute Gasteiger partial charge is 0.319 e. The Hall–Kier alpha value is -2.37. The number of sulfone groups is 1. The van der Waals surface area contributed by atoms with Gasteiger partial charge in [0, 0.05) is 43.0 Å². The number of rotatable bonds is 3. The highest BCUT2D eigenvalue weighted by atomic mass is 32.2. The fraction of sp³-hybridized carbons (Fsp3) is 0.333. The number of hydrogen-bond donors (Lipinski definition) is 0. The number of aromatic nitrogens is 1. The van der Waals surface area contributed by atoms with Gasteiger partial charge in [-0.3, -0.25) is 0 Å². The van der Waals surface area contributed by atoms with Crippen LogP contribution in [-0.4, -0.2) is 37.7 Å². The molecule has 0 atom stereocenters. The van der Waals surface area contributed by atoms with E-state index in [4.69, 9.17) is 0 Å². The van der Waals surface area contributed by atoms with Crippen LogP contribution < -0.4 is 0 Å². The molecule has 0 aliphatic carbocycles. The normalized spacial score (nSPS) is 15.7. The van der Waals surface area contributed by atoms with Crippen LogP contribution in [0.5, 0.6) is 0 Å². The number of benzene rings is 2. The van der Waals surface area contributed by atoms with Crippen molar-refractivity contribution in [3.63, 3.8) is 0 Å². The van der Waals surface area contributed by atoms with Crippen molar-refractivity contribution in [3.8, 4) is 0 Å². The summed E-state index contributed by atoms with van der Waals surface area (Å²) in [6.45, 7) is 8.38. The maximum Gasteiger partial charge on any atom is 0.175 e. The van der Waals surface area contributed by atoms with Crippen LogP contribution in [-0.2, 0) is 22.8 Å². The molecule has 0 bridgehead atoms. The van der Waals surface area contributed by atoms with Crippen molar-refractivity contribution in [2.45, 2.75) is 38.6 Å². The molecule has 1 aliphatic rings. The van der Waals surface area contributed by atoms with Crippen LogP contribution in [0, 0.1) is 13.8 Å². The molecule has 0 N–H and O–H groups in total. The first kappa shape index (κ1) is 19.9. The molecule has 29 heavy (non-hydrogen) atoms. The molecule has 0 saturated heterocycles. The Kier molecular flexibility index (Phi) is 4.91. The van der Waals surface area contributed by atoms with Crippen LogP contribution >= 0.6 is 0 Å². The zero-order valence-electron chi connectivity index (χ0n) is 17.8. The molecular weight excluding hydrogens is 380 g/mol. The van der Waals surface area contributed by atoms with Gasteiger partial charge < -0.3 is 9.47 Å². The van der Waals surface area contributed by atoms with Crippen molar-refractivity contribution in [3.05, 3.63) is 64.3 Å². The van der Waals surface area contributed by atoms with E-state index in [-0.39, 0.29) is 0 Å². The summed E-state index contributed by atoms with van der Waals surface area (Å²) in [4.78, 5) is 2.73. The minimum Gasteiger partial charge on any atom is -0.319 e. The predicted molar refractivity (Wildman–Crippen MR) is 121 cm³/mol. The zero-order chi connectivity index (χ0) is 20.9. The van der Waals surface area contributed by atoms with Gasteiger partial charge in [0.1, 0.15) is 0 Å². The summed E-state index contributed by atoms with van der Waals surface area (Å²) in [5.74, 6) is 0. The second-order valence-corrected chi connectivity index (χ2v) is 10.4.